The zero-order valence-electron chi connectivity index (χ0n) is 8.33. The zero-order valence-corrected chi connectivity index (χ0v) is 8.33. The first kappa shape index (κ1) is 8.90. The Kier molecular flexibility index (Phi) is 1.57. The number of nitrogens with zero attached hydrogens (tertiary/aromatic N) is 1. The summed E-state index contributed by atoms with van der Waals surface area (Å²) < 4.78 is 4.51. The second kappa shape index (κ2) is 2.82. The van der Waals surface area contributed by atoms with Crippen molar-refractivity contribution in [3.63, 3.8) is 0 Å². The largest absolute Gasteiger partial charge is 0.419 e. The van der Waals surface area contributed by atoms with Crippen LogP contribution in [0.2, 0.25) is 0 Å². The van der Waals surface area contributed by atoms with Crippen molar-refractivity contribution >= 4 is 21.8 Å². The van der Waals surface area contributed by atoms with Crippen molar-refractivity contribution in [1.29, 1.82) is 0 Å². The SMILES string of the molecule is Cc1cc2cn[nH]c2c2c(=O)oc(=O)[nH]c12. The van der Waals surface area contributed by atoms with Gasteiger partial charge in [-0.25, -0.2) is 9.59 Å². The fourth-order valence-corrected chi connectivity index (χ4v) is 1.86. The lowest BCUT2D eigenvalue weighted by atomic mass is 10.1. The van der Waals surface area contributed by atoms with Crippen LogP contribution >= 0.6 is 0 Å². The normalized spacial score (nSPS) is 11.3. The van der Waals surface area contributed by atoms with Crippen molar-refractivity contribution in [2.75, 3.05) is 0 Å². The van der Waals surface area contributed by atoms with Crippen LogP contribution in [0.1, 0.15) is 5.56 Å². The molecule has 2 N–H and O–H groups in total. The number of hydrogen-bond acceptors (Lipinski definition) is 4. The lowest BCUT2D eigenvalue weighted by Crippen LogP contribution is -2.15. The van der Waals surface area contributed by atoms with Gasteiger partial charge in [-0.2, -0.15) is 5.10 Å². The number of aromatic amines is 2. The number of aromatic nitrogens is 3. The van der Waals surface area contributed by atoms with Gasteiger partial charge < -0.3 is 4.42 Å². The summed E-state index contributed by atoms with van der Waals surface area (Å²) in [5.74, 6) is -0.750. The van der Waals surface area contributed by atoms with Gasteiger partial charge in [0.2, 0.25) is 0 Å². The molecule has 2 heterocycles. The summed E-state index contributed by atoms with van der Waals surface area (Å²) in [4.78, 5) is 25.2. The van der Waals surface area contributed by atoms with Crippen molar-refractivity contribution < 1.29 is 4.42 Å². The zero-order chi connectivity index (χ0) is 11.3. The third kappa shape index (κ3) is 1.04. The summed E-state index contributed by atoms with van der Waals surface area (Å²) >= 11 is 0. The fourth-order valence-electron chi connectivity index (χ4n) is 1.86. The number of hydrogen-bond donors (Lipinski definition) is 2. The van der Waals surface area contributed by atoms with Crippen LogP contribution in [0, 0.1) is 6.92 Å². The van der Waals surface area contributed by atoms with Crippen LogP contribution in [-0.4, -0.2) is 15.2 Å². The summed E-state index contributed by atoms with van der Waals surface area (Å²) in [6.07, 6.45) is 1.62. The summed E-state index contributed by atoms with van der Waals surface area (Å²) in [6.45, 7) is 1.81. The van der Waals surface area contributed by atoms with E-state index < -0.39 is 11.4 Å². The van der Waals surface area contributed by atoms with E-state index in [1.807, 2.05) is 13.0 Å². The quantitative estimate of drug-likeness (QED) is 0.578. The molecule has 16 heavy (non-hydrogen) atoms. The van der Waals surface area contributed by atoms with E-state index in [2.05, 4.69) is 19.6 Å². The number of nitrogens with one attached hydrogen (secondary N) is 2. The first-order valence-corrected chi connectivity index (χ1v) is 4.66. The minimum absolute atomic E-state index is 0.326. The van der Waals surface area contributed by atoms with E-state index in [4.69, 9.17) is 0 Å². The molecule has 0 atom stereocenters. The Morgan fingerprint density at radius 2 is 2.12 bits per heavy atom. The van der Waals surface area contributed by atoms with Gasteiger partial charge >= 0.3 is 11.4 Å². The van der Waals surface area contributed by atoms with Gasteiger partial charge in [0.05, 0.1) is 17.2 Å². The van der Waals surface area contributed by atoms with Crippen molar-refractivity contribution in [2.24, 2.45) is 0 Å². The molecule has 80 valence electrons. The molecular formula is C10H7N3O3. The maximum absolute atomic E-state index is 11.6. The van der Waals surface area contributed by atoms with Crippen molar-refractivity contribution in [1.82, 2.24) is 15.2 Å². The molecule has 0 aliphatic carbocycles. The molecule has 0 radical (unpaired) electrons. The smallest absolute Gasteiger partial charge is 0.372 e. The number of H-pyrrole nitrogens is 2. The Balaban J connectivity index is 2.78. The second-order valence-electron chi connectivity index (χ2n) is 3.58. The summed E-state index contributed by atoms with van der Waals surface area (Å²) in [6, 6.07) is 1.84. The van der Waals surface area contributed by atoms with E-state index in [0.717, 1.165) is 10.9 Å². The van der Waals surface area contributed by atoms with Gasteiger partial charge in [-0.15, -0.1) is 0 Å². The van der Waals surface area contributed by atoms with Crippen LogP contribution in [0.25, 0.3) is 21.8 Å². The molecule has 1 aromatic carbocycles. The standard InChI is InChI=1S/C10H7N3O3/c1-4-2-5-3-11-13-8(5)6-7(4)12-10(15)16-9(6)14/h2-3H,1H3,(H,11,13)(H,12,15). The van der Waals surface area contributed by atoms with Crippen molar-refractivity contribution in [2.45, 2.75) is 6.92 Å². The Bertz CT molecular complexity index is 809. The topological polar surface area (TPSA) is 91.8 Å². The molecular weight excluding hydrogens is 210 g/mol. The van der Waals surface area contributed by atoms with Crippen molar-refractivity contribution in [3.05, 3.63) is 38.8 Å². The summed E-state index contributed by atoms with van der Waals surface area (Å²) in [5, 5.41) is 7.71. The van der Waals surface area contributed by atoms with E-state index in [-0.39, 0.29) is 0 Å². The van der Waals surface area contributed by atoms with Gasteiger partial charge in [-0.05, 0) is 18.6 Å². The first-order valence-electron chi connectivity index (χ1n) is 4.66. The molecule has 0 bridgehead atoms. The molecule has 0 fully saturated rings. The molecule has 0 aliphatic heterocycles. The molecule has 0 unspecified atom stereocenters. The van der Waals surface area contributed by atoms with Gasteiger partial charge in [0.15, 0.2) is 0 Å². The highest BCUT2D eigenvalue weighted by atomic mass is 16.4. The Morgan fingerprint density at radius 1 is 1.31 bits per heavy atom. The van der Waals surface area contributed by atoms with Crippen LogP contribution < -0.4 is 11.4 Å². The highest BCUT2D eigenvalue weighted by Gasteiger charge is 2.11. The summed E-state index contributed by atoms with van der Waals surface area (Å²) in [5.41, 5.74) is 1.20. The average molecular weight is 217 g/mol. The van der Waals surface area contributed by atoms with Gasteiger partial charge in [0.1, 0.15) is 5.39 Å². The Morgan fingerprint density at radius 3 is 2.94 bits per heavy atom. The maximum Gasteiger partial charge on any atom is 0.419 e. The summed E-state index contributed by atoms with van der Waals surface area (Å²) in [7, 11) is 0. The Hall–Kier alpha value is -2.37. The van der Waals surface area contributed by atoms with Crippen LogP contribution in [0.4, 0.5) is 0 Å². The third-order valence-corrected chi connectivity index (χ3v) is 2.55. The molecule has 0 amide bonds. The monoisotopic (exact) mass is 217 g/mol. The number of rotatable bonds is 0. The van der Waals surface area contributed by atoms with Gasteiger partial charge in [-0.3, -0.25) is 10.1 Å². The molecule has 3 aromatic rings. The number of benzene rings is 1. The average Bonchev–Trinajstić information content (AvgIpc) is 2.65. The van der Waals surface area contributed by atoms with E-state index in [1.165, 1.54) is 0 Å². The highest BCUT2D eigenvalue weighted by molar-refractivity contribution is 6.04. The number of aryl methyl sites for hydroxylation is 1. The fraction of sp³-hybridized carbons (Fsp3) is 0.100. The molecule has 0 saturated carbocycles. The predicted octanol–water partition coefficient (Wildman–Crippen LogP) is 0.666. The number of fused-ring (bicyclic) bond motifs is 3. The lowest BCUT2D eigenvalue weighted by Gasteiger charge is -2.00. The van der Waals surface area contributed by atoms with Crippen LogP contribution in [0.5, 0.6) is 0 Å². The van der Waals surface area contributed by atoms with Crippen molar-refractivity contribution in [3.8, 4) is 0 Å². The maximum atomic E-state index is 11.6. The van der Waals surface area contributed by atoms with Gasteiger partial charge in [-0.1, -0.05) is 0 Å². The van der Waals surface area contributed by atoms with Gasteiger partial charge in [0, 0.05) is 5.39 Å². The first-order chi connectivity index (χ1) is 7.66. The second-order valence-corrected chi connectivity index (χ2v) is 3.58. The minimum atomic E-state index is -0.750. The minimum Gasteiger partial charge on any atom is -0.372 e. The molecule has 2 aromatic heterocycles. The molecule has 3 rings (SSSR count). The van der Waals surface area contributed by atoms with Gasteiger partial charge in [0.25, 0.3) is 0 Å². The van der Waals surface area contributed by atoms with E-state index in [1.54, 1.807) is 6.20 Å². The third-order valence-electron chi connectivity index (χ3n) is 2.55. The van der Waals surface area contributed by atoms with E-state index in [0.29, 0.717) is 16.4 Å². The molecule has 0 aliphatic rings. The van der Waals surface area contributed by atoms with E-state index in [9.17, 15) is 9.59 Å². The molecule has 0 saturated heterocycles. The van der Waals surface area contributed by atoms with Crippen LogP contribution in [0.3, 0.4) is 0 Å². The molecule has 6 heteroatoms. The van der Waals surface area contributed by atoms with E-state index >= 15 is 0 Å². The highest BCUT2D eigenvalue weighted by Crippen LogP contribution is 2.21. The molecule has 6 nitrogen and oxygen atoms in total. The lowest BCUT2D eigenvalue weighted by molar-refractivity contribution is 0.460. The van der Waals surface area contributed by atoms with Crippen LogP contribution in [-0.2, 0) is 0 Å². The Labute approximate surface area is 87.9 Å². The molecule has 0 spiro atoms. The predicted molar refractivity (Wildman–Crippen MR) is 57.5 cm³/mol. The van der Waals surface area contributed by atoms with Crippen LogP contribution in [0.15, 0.2) is 26.3 Å².